The van der Waals surface area contributed by atoms with E-state index in [0.29, 0.717) is 11.1 Å². The minimum atomic E-state index is -5.17. The molecular weight excluding hydrogens is 432 g/mol. The van der Waals surface area contributed by atoms with Crippen LogP contribution < -0.4 is 10.1 Å². The average molecular weight is 456 g/mol. The van der Waals surface area contributed by atoms with Crippen LogP contribution in [-0.4, -0.2) is 41.1 Å². The Balaban J connectivity index is 2.07. The number of hydrogen-bond donors (Lipinski definition) is 2. The minimum absolute atomic E-state index is 0.0433. The van der Waals surface area contributed by atoms with Crippen molar-refractivity contribution in [3.8, 4) is 17.0 Å². The van der Waals surface area contributed by atoms with Gasteiger partial charge in [0.1, 0.15) is 22.9 Å². The van der Waals surface area contributed by atoms with Gasteiger partial charge in [-0.15, -0.1) is 0 Å². The molecule has 0 aliphatic carbocycles. The van der Waals surface area contributed by atoms with Gasteiger partial charge in [-0.25, -0.2) is 14.2 Å². The number of benzene rings is 1. The molecule has 1 aromatic heterocycles. The molecule has 1 aliphatic rings. The van der Waals surface area contributed by atoms with Gasteiger partial charge in [-0.05, 0) is 51.1 Å². The number of hydrogen-bond acceptors (Lipinski definition) is 5. The first kappa shape index (κ1) is 23.8. The topological polar surface area (TPSA) is 80.7 Å². The van der Waals surface area contributed by atoms with Crippen molar-refractivity contribution in [2.24, 2.45) is 0 Å². The van der Waals surface area contributed by atoms with E-state index >= 15 is 0 Å². The number of fused-ring (bicyclic) bond motifs is 1. The molecule has 0 spiro atoms. The maximum Gasteiger partial charge on any atom is 0.424 e. The van der Waals surface area contributed by atoms with Gasteiger partial charge in [0.2, 0.25) is 5.60 Å². The Morgan fingerprint density at radius 1 is 1.25 bits per heavy atom. The Hall–Kier alpha value is -2.88. The number of aliphatic hydroxyl groups is 1. The summed E-state index contributed by atoms with van der Waals surface area (Å²) in [6.45, 7) is 5.43. The molecule has 0 radical (unpaired) electrons. The van der Waals surface area contributed by atoms with E-state index in [1.807, 2.05) is 5.32 Å². The maximum absolute atomic E-state index is 14.1. The summed E-state index contributed by atoms with van der Waals surface area (Å²) in [7, 11) is 0. The van der Waals surface area contributed by atoms with Gasteiger partial charge >= 0.3 is 12.3 Å². The summed E-state index contributed by atoms with van der Waals surface area (Å²) in [5, 5.41) is 12.7. The zero-order chi connectivity index (χ0) is 23.9. The summed E-state index contributed by atoms with van der Waals surface area (Å²) < 4.78 is 66.1. The number of nitrogens with one attached hydrogen (secondary N) is 1. The van der Waals surface area contributed by atoms with E-state index in [1.165, 1.54) is 12.1 Å². The molecule has 2 aromatic rings. The molecule has 2 unspecified atom stereocenters. The van der Waals surface area contributed by atoms with Crippen molar-refractivity contribution in [2.75, 3.05) is 13.2 Å². The normalized spacial score (nSPS) is 17.8. The Kier molecular flexibility index (Phi) is 6.12. The fourth-order valence-electron chi connectivity index (χ4n) is 3.23. The molecule has 2 N–H and O–H groups in total. The van der Waals surface area contributed by atoms with Gasteiger partial charge in [-0.3, -0.25) is 0 Å². The molecule has 0 fully saturated rings. The molecule has 174 valence electrons. The standard InChI is InChI=1S/C22H24F4N2O4/c1-12-10-31-18-15(12)9-16(28-17(18)13-5-7-14(23)8-6-13)21(30,22(24,25)26)11-27-19(29)32-20(2,3)4/h5-9,12,30H,10-11H2,1-4H3,(H,27,29). The molecule has 6 nitrogen and oxygen atoms in total. The molecule has 1 amide bonds. The van der Waals surface area contributed by atoms with Crippen LogP contribution in [0.1, 0.15) is 44.9 Å². The van der Waals surface area contributed by atoms with Crippen LogP contribution in [-0.2, 0) is 10.3 Å². The van der Waals surface area contributed by atoms with Crippen molar-refractivity contribution >= 4 is 6.09 Å². The van der Waals surface area contributed by atoms with Crippen LogP contribution in [0.2, 0.25) is 0 Å². The lowest BCUT2D eigenvalue weighted by Gasteiger charge is -2.31. The fourth-order valence-corrected chi connectivity index (χ4v) is 3.23. The molecule has 0 bridgehead atoms. The lowest BCUT2D eigenvalue weighted by Crippen LogP contribution is -2.52. The Morgan fingerprint density at radius 2 is 1.88 bits per heavy atom. The minimum Gasteiger partial charge on any atom is -0.490 e. The predicted molar refractivity (Wildman–Crippen MR) is 108 cm³/mol. The van der Waals surface area contributed by atoms with Gasteiger partial charge in [0, 0.05) is 17.0 Å². The smallest absolute Gasteiger partial charge is 0.424 e. The Bertz CT molecular complexity index is 1000. The largest absolute Gasteiger partial charge is 0.490 e. The molecule has 3 rings (SSSR count). The molecular formula is C22H24F4N2O4. The maximum atomic E-state index is 14.1. The predicted octanol–water partition coefficient (Wildman–Crippen LogP) is 4.66. The van der Waals surface area contributed by atoms with Crippen molar-refractivity contribution in [3.63, 3.8) is 0 Å². The van der Waals surface area contributed by atoms with Crippen molar-refractivity contribution in [3.05, 3.63) is 47.4 Å². The third kappa shape index (κ3) is 4.79. The van der Waals surface area contributed by atoms with Crippen LogP contribution in [0.3, 0.4) is 0 Å². The number of carbonyl (C=O) groups is 1. The van der Waals surface area contributed by atoms with E-state index in [4.69, 9.17) is 9.47 Å². The molecule has 2 atom stereocenters. The lowest BCUT2D eigenvalue weighted by molar-refractivity contribution is -0.265. The molecule has 2 heterocycles. The number of rotatable bonds is 4. The third-order valence-electron chi connectivity index (χ3n) is 4.91. The SMILES string of the molecule is CC1COc2c1cc(C(O)(CNC(=O)OC(C)(C)C)C(F)(F)F)nc2-c1ccc(F)cc1. The first-order valence-corrected chi connectivity index (χ1v) is 9.91. The van der Waals surface area contributed by atoms with Crippen LogP contribution in [0, 0.1) is 5.82 Å². The molecule has 10 heteroatoms. The number of aromatic nitrogens is 1. The summed E-state index contributed by atoms with van der Waals surface area (Å²) in [6, 6.07) is 6.15. The van der Waals surface area contributed by atoms with E-state index in [1.54, 1.807) is 27.7 Å². The Labute approximate surface area is 182 Å². The second-order valence-electron chi connectivity index (χ2n) is 8.71. The van der Waals surface area contributed by atoms with Crippen LogP contribution in [0.5, 0.6) is 5.75 Å². The molecule has 32 heavy (non-hydrogen) atoms. The van der Waals surface area contributed by atoms with Gasteiger partial charge in [0.25, 0.3) is 0 Å². The summed E-state index contributed by atoms with van der Waals surface area (Å²) in [5.74, 6) is -0.510. The third-order valence-corrected chi connectivity index (χ3v) is 4.91. The summed E-state index contributed by atoms with van der Waals surface area (Å²) in [5.41, 5.74) is -4.36. The first-order valence-electron chi connectivity index (χ1n) is 9.91. The van der Waals surface area contributed by atoms with Crippen molar-refractivity contribution in [2.45, 2.75) is 51.0 Å². The molecule has 1 aromatic carbocycles. The van der Waals surface area contributed by atoms with Gasteiger partial charge in [-0.2, -0.15) is 13.2 Å². The average Bonchev–Trinajstić information content (AvgIpc) is 3.05. The van der Waals surface area contributed by atoms with E-state index in [-0.39, 0.29) is 24.0 Å². The highest BCUT2D eigenvalue weighted by Gasteiger charge is 2.57. The summed E-state index contributed by atoms with van der Waals surface area (Å²) >= 11 is 0. The van der Waals surface area contributed by atoms with E-state index in [9.17, 15) is 27.5 Å². The highest BCUT2D eigenvalue weighted by Crippen LogP contribution is 2.45. The summed E-state index contributed by atoms with van der Waals surface area (Å²) in [4.78, 5) is 16.0. The van der Waals surface area contributed by atoms with Gasteiger partial charge in [0.15, 0.2) is 0 Å². The zero-order valence-corrected chi connectivity index (χ0v) is 18.0. The molecule has 0 saturated heterocycles. The second-order valence-corrected chi connectivity index (χ2v) is 8.71. The number of amides is 1. The van der Waals surface area contributed by atoms with Gasteiger partial charge in [-0.1, -0.05) is 6.92 Å². The molecule has 0 saturated carbocycles. The van der Waals surface area contributed by atoms with E-state index in [0.717, 1.165) is 18.2 Å². The van der Waals surface area contributed by atoms with Crippen molar-refractivity contribution < 1.29 is 36.9 Å². The van der Waals surface area contributed by atoms with Crippen molar-refractivity contribution in [1.82, 2.24) is 10.3 Å². The van der Waals surface area contributed by atoms with Crippen molar-refractivity contribution in [1.29, 1.82) is 0 Å². The fraction of sp³-hybridized carbons (Fsp3) is 0.455. The van der Waals surface area contributed by atoms with Crippen LogP contribution in [0.25, 0.3) is 11.3 Å². The monoisotopic (exact) mass is 456 g/mol. The number of pyridine rings is 1. The number of alkyl halides is 3. The van der Waals surface area contributed by atoms with Gasteiger partial charge < -0.3 is 19.9 Å². The molecule has 1 aliphatic heterocycles. The number of nitrogens with zero attached hydrogens (tertiary/aromatic N) is 1. The lowest BCUT2D eigenvalue weighted by atomic mass is 9.92. The van der Waals surface area contributed by atoms with E-state index < -0.39 is 41.5 Å². The van der Waals surface area contributed by atoms with Crippen LogP contribution in [0.15, 0.2) is 30.3 Å². The Morgan fingerprint density at radius 3 is 2.44 bits per heavy atom. The number of ether oxygens (including phenoxy) is 2. The van der Waals surface area contributed by atoms with Crippen LogP contribution in [0.4, 0.5) is 22.4 Å². The van der Waals surface area contributed by atoms with E-state index in [2.05, 4.69) is 4.98 Å². The second kappa shape index (κ2) is 8.23. The van der Waals surface area contributed by atoms with Gasteiger partial charge in [0.05, 0.1) is 18.8 Å². The quantitative estimate of drug-likeness (QED) is 0.655. The highest BCUT2D eigenvalue weighted by molar-refractivity contribution is 5.70. The zero-order valence-electron chi connectivity index (χ0n) is 18.0. The number of halogens is 4. The first-order chi connectivity index (χ1) is 14.7. The highest BCUT2D eigenvalue weighted by atomic mass is 19.4. The summed E-state index contributed by atoms with van der Waals surface area (Å²) in [6.07, 6.45) is -6.29. The van der Waals surface area contributed by atoms with Crippen LogP contribution >= 0.6 is 0 Å². The number of alkyl carbamates (subject to hydrolysis) is 1. The number of carbonyl (C=O) groups excluding carboxylic acids is 1.